The molecule has 0 aromatic heterocycles. The van der Waals surface area contributed by atoms with Gasteiger partial charge in [-0.1, -0.05) is 74.4 Å². The van der Waals surface area contributed by atoms with Gasteiger partial charge in [-0.05, 0) is 72.6 Å². The molecule has 0 unspecified atom stereocenters. The molecule has 4 rings (SSSR count). The van der Waals surface area contributed by atoms with Crippen LogP contribution < -0.4 is 0 Å². The van der Waals surface area contributed by atoms with Crippen molar-refractivity contribution in [3.63, 3.8) is 0 Å². The van der Waals surface area contributed by atoms with Crippen molar-refractivity contribution in [2.45, 2.75) is 64.2 Å². The molecule has 0 nitrogen and oxygen atoms in total. The van der Waals surface area contributed by atoms with Crippen LogP contribution in [-0.4, -0.2) is 0 Å². The second-order valence-electron chi connectivity index (χ2n) is 9.80. The van der Waals surface area contributed by atoms with E-state index in [-0.39, 0.29) is 17.0 Å². The Balaban J connectivity index is 1.54. The fourth-order valence-electron chi connectivity index (χ4n) is 5.11. The van der Waals surface area contributed by atoms with Crippen LogP contribution in [-0.2, 0) is 6.42 Å². The molecule has 1 aliphatic rings. The van der Waals surface area contributed by atoms with Crippen molar-refractivity contribution in [1.82, 2.24) is 0 Å². The summed E-state index contributed by atoms with van der Waals surface area (Å²) in [7, 11) is 0. The highest BCUT2D eigenvalue weighted by molar-refractivity contribution is 5.71. The lowest BCUT2D eigenvalue weighted by Crippen LogP contribution is -2.13. The second-order valence-corrected chi connectivity index (χ2v) is 9.80. The molecule has 0 heterocycles. The first-order chi connectivity index (χ1) is 16.9. The third-order valence-electron chi connectivity index (χ3n) is 7.34. The van der Waals surface area contributed by atoms with Crippen LogP contribution in [0.3, 0.4) is 0 Å². The molecular weight excluding hydrogens is 448 g/mol. The number of hydrogen-bond donors (Lipinski definition) is 0. The van der Waals surface area contributed by atoms with Crippen LogP contribution in [0.2, 0.25) is 0 Å². The van der Waals surface area contributed by atoms with Gasteiger partial charge in [-0.2, -0.15) is 0 Å². The summed E-state index contributed by atoms with van der Waals surface area (Å²) < 4.78 is 59.4. The Morgan fingerprint density at radius 1 is 0.714 bits per heavy atom. The molecule has 0 saturated heterocycles. The Hall–Kier alpha value is -2.88. The molecule has 3 aromatic carbocycles. The van der Waals surface area contributed by atoms with Gasteiger partial charge in [-0.25, -0.2) is 17.6 Å². The van der Waals surface area contributed by atoms with Gasteiger partial charge in [-0.15, -0.1) is 6.58 Å². The standard InChI is InChI=1S/C31H32F4/c1-3-4-5-6-7-24-16-17-25(29(33)28(24)32)22-12-14-23(15-13-22)27-19-18-26(30(34)31(27)35)21-10-8-20(2)9-11-21/h3,12-21H,1,4-11H2,2H3. The highest BCUT2D eigenvalue weighted by atomic mass is 19.2. The van der Waals surface area contributed by atoms with E-state index in [1.54, 1.807) is 48.5 Å². The SMILES string of the molecule is C=CCCCCc1ccc(-c2ccc(-c3ccc(C4CCC(C)CC4)c(F)c3F)cc2)c(F)c1F. The van der Waals surface area contributed by atoms with Crippen LogP contribution >= 0.6 is 0 Å². The van der Waals surface area contributed by atoms with Gasteiger partial charge in [0.25, 0.3) is 0 Å². The summed E-state index contributed by atoms with van der Waals surface area (Å²) in [5.41, 5.74) is 2.11. The van der Waals surface area contributed by atoms with E-state index in [0.717, 1.165) is 44.9 Å². The molecule has 4 heteroatoms. The summed E-state index contributed by atoms with van der Waals surface area (Å²) in [6.07, 6.45) is 8.59. The zero-order chi connectivity index (χ0) is 24.9. The van der Waals surface area contributed by atoms with E-state index in [9.17, 15) is 13.2 Å². The predicted molar refractivity (Wildman–Crippen MR) is 135 cm³/mol. The Labute approximate surface area is 205 Å². The first kappa shape index (κ1) is 25.2. The number of halogens is 4. The molecule has 0 N–H and O–H groups in total. The monoisotopic (exact) mass is 480 g/mol. The van der Waals surface area contributed by atoms with Crippen molar-refractivity contribution in [2.75, 3.05) is 0 Å². The lowest BCUT2D eigenvalue weighted by molar-refractivity contribution is 0.339. The summed E-state index contributed by atoms with van der Waals surface area (Å²) in [5.74, 6) is -2.66. The van der Waals surface area contributed by atoms with E-state index >= 15 is 4.39 Å². The normalized spacial score (nSPS) is 18.0. The maximum absolute atomic E-state index is 15.0. The highest BCUT2D eigenvalue weighted by Crippen LogP contribution is 2.39. The fourth-order valence-corrected chi connectivity index (χ4v) is 5.11. The number of benzene rings is 3. The number of allylic oxidation sites excluding steroid dienone is 1. The number of unbranched alkanes of at least 4 members (excludes halogenated alkanes) is 2. The van der Waals surface area contributed by atoms with Gasteiger partial charge < -0.3 is 0 Å². The van der Waals surface area contributed by atoms with E-state index in [1.807, 2.05) is 6.08 Å². The van der Waals surface area contributed by atoms with Gasteiger partial charge in [0.1, 0.15) is 0 Å². The zero-order valence-electron chi connectivity index (χ0n) is 20.2. The molecule has 1 saturated carbocycles. The van der Waals surface area contributed by atoms with E-state index in [2.05, 4.69) is 13.5 Å². The molecule has 35 heavy (non-hydrogen) atoms. The first-order valence-electron chi connectivity index (χ1n) is 12.6. The Kier molecular flexibility index (Phi) is 8.10. The van der Waals surface area contributed by atoms with E-state index in [0.29, 0.717) is 34.6 Å². The third kappa shape index (κ3) is 5.52. The second kappa shape index (κ2) is 11.2. The molecule has 184 valence electrons. The van der Waals surface area contributed by atoms with Gasteiger partial charge in [-0.3, -0.25) is 0 Å². The summed E-state index contributed by atoms with van der Waals surface area (Å²) in [4.78, 5) is 0. The average molecular weight is 481 g/mol. The van der Waals surface area contributed by atoms with Gasteiger partial charge in [0.2, 0.25) is 0 Å². The van der Waals surface area contributed by atoms with Crippen molar-refractivity contribution >= 4 is 0 Å². The fraction of sp³-hybridized carbons (Fsp3) is 0.355. The molecule has 0 bridgehead atoms. The maximum atomic E-state index is 15.0. The smallest absolute Gasteiger partial charge is 0.166 e. The summed E-state index contributed by atoms with van der Waals surface area (Å²) in [6.45, 7) is 5.86. The first-order valence-corrected chi connectivity index (χ1v) is 12.6. The zero-order valence-corrected chi connectivity index (χ0v) is 20.2. The summed E-state index contributed by atoms with van der Waals surface area (Å²) in [5, 5.41) is 0. The molecule has 0 aliphatic heterocycles. The summed E-state index contributed by atoms with van der Waals surface area (Å²) >= 11 is 0. The molecule has 3 aromatic rings. The van der Waals surface area contributed by atoms with Gasteiger partial charge in [0.15, 0.2) is 23.3 Å². The minimum absolute atomic E-state index is 0.0555. The van der Waals surface area contributed by atoms with Crippen molar-refractivity contribution in [3.05, 3.63) is 95.6 Å². The number of rotatable bonds is 8. The Morgan fingerprint density at radius 3 is 1.89 bits per heavy atom. The Morgan fingerprint density at radius 2 is 1.29 bits per heavy atom. The minimum Gasteiger partial charge on any atom is -0.203 e. The lowest BCUT2D eigenvalue weighted by Gasteiger charge is -2.27. The van der Waals surface area contributed by atoms with Crippen LogP contribution in [0.25, 0.3) is 22.3 Å². The quantitative estimate of drug-likeness (QED) is 0.171. The van der Waals surface area contributed by atoms with Crippen LogP contribution in [0.5, 0.6) is 0 Å². The largest absolute Gasteiger partial charge is 0.203 e. The van der Waals surface area contributed by atoms with Crippen molar-refractivity contribution in [2.24, 2.45) is 5.92 Å². The van der Waals surface area contributed by atoms with Crippen LogP contribution in [0.4, 0.5) is 17.6 Å². The van der Waals surface area contributed by atoms with Crippen LogP contribution in [0.15, 0.2) is 61.2 Å². The van der Waals surface area contributed by atoms with E-state index in [4.69, 9.17) is 0 Å². The maximum Gasteiger partial charge on any atom is 0.166 e. The van der Waals surface area contributed by atoms with Crippen LogP contribution in [0.1, 0.15) is 68.9 Å². The average Bonchev–Trinajstić information content (AvgIpc) is 2.87. The highest BCUT2D eigenvalue weighted by Gasteiger charge is 2.25. The molecule has 0 amide bonds. The van der Waals surface area contributed by atoms with Crippen molar-refractivity contribution < 1.29 is 17.6 Å². The van der Waals surface area contributed by atoms with Crippen molar-refractivity contribution in [3.8, 4) is 22.3 Å². The molecule has 0 spiro atoms. The molecule has 0 atom stereocenters. The van der Waals surface area contributed by atoms with Gasteiger partial charge in [0, 0.05) is 11.1 Å². The molecule has 1 aliphatic carbocycles. The van der Waals surface area contributed by atoms with Gasteiger partial charge >= 0.3 is 0 Å². The molecular formula is C31H32F4. The van der Waals surface area contributed by atoms with E-state index < -0.39 is 23.3 Å². The van der Waals surface area contributed by atoms with Crippen molar-refractivity contribution in [1.29, 1.82) is 0 Å². The predicted octanol–water partition coefficient (Wildman–Crippen LogP) is 9.77. The Bertz CT molecular complexity index is 1170. The molecule has 0 radical (unpaired) electrons. The number of hydrogen-bond acceptors (Lipinski definition) is 0. The van der Waals surface area contributed by atoms with Crippen LogP contribution in [0, 0.1) is 29.2 Å². The molecule has 1 fully saturated rings. The number of aryl methyl sites for hydroxylation is 1. The summed E-state index contributed by atoms with van der Waals surface area (Å²) in [6, 6.07) is 13.0. The lowest BCUT2D eigenvalue weighted by atomic mass is 9.79. The van der Waals surface area contributed by atoms with E-state index in [1.165, 1.54) is 0 Å². The third-order valence-corrected chi connectivity index (χ3v) is 7.34. The van der Waals surface area contributed by atoms with Gasteiger partial charge in [0.05, 0.1) is 0 Å². The minimum atomic E-state index is -0.887. The topological polar surface area (TPSA) is 0 Å².